The summed E-state index contributed by atoms with van der Waals surface area (Å²) in [4.78, 5) is 127. The molecule has 0 aliphatic rings. The molecule has 28 nitrogen and oxygen atoms in total. The average Bonchev–Trinajstić information content (AvgIpc) is 1.48. The van der Waals surface area contributed by atoms with Crippen LogP contribution in [0, 0.1) is 0 Å². The first-order valence-electron chi connectivity index (χ1n) is 27.0. The Morgan fingerprint density at radius 1 is 0.352 bits per heavy atom. The predicted molar refractivity (Wildman–Crippen MR) is 320 cm³/mol. The summed E-state index contributed by atoms with van der Waals surface area (Å²) in [6.45, 7) is -1.79. The van der Waals surface area contributed by atoms with Crippen LogP contribution in [0.3, 0.4) is 0 Å². The molecule has 7 rings (SSSR count). The first-order valence-corrected chi connectivity index (χ1v) is 27.0. The highest BCUT2D eigenvalue weighted by atomic mass is 16.5. The van der Waals surface area contributed by atoms with Crippen LogP contribution in [0.2, 0.25) is 0 Å². The van der Waals surface area contributed by atoms with E-state index in [1.54, 1.807) is 48.5 Å². The second kappa shape index (κ2) is 31.2. The van der Waals surface area contributed by atoms with Gasteiger partial charge in [0.05, 0.1) is 64.0 Å². The molecule has 5 N–H and O–H groups in total. The third-order valence-corrected chi connectivity index (χ3v) is 13.3. The van der Waals surface area contributed by atoms with E-state index in [-0.39, 0.29) is 94.0 Å². The number of rotatable bonds is 27. The van der Waals surface area contributed by atoms with Crippen molar-refractivity contribution in [1.29, 1.82) is 0 Å². The summed E-state index contributed by atoms with van der Waals surface area (Å²) < 4.78 is 63.2. The number of nitrogens with two attached hydrogens (primary N) is 1. The lowest BCUT2D eigenvalue weighted by Gasteiger charge is -2.17. The first kappa shape index (κ1) is 66.7. The maximum Gasteiger partial charge on any atom is 0.356 e. The van der Waals surface area contributed by atoms with Crippen LogP contribution in [0.25, 0.3) is 33.4 Å². The lowest BCUT2D eigenvalue weighted by Crippen LogP contribution is -2.31. The number of aromatic nitrogens is 3. The number of benzene rings is 4. The number of ether oxygens (including phenoxy) is 12. The minimum atomic E-state index is -0.793. The summed E-state index contributed by atoms with van der Waals surface area (Å²) in [6, 6.07) is 25.7. The Morgan fingerprint density at radius 2 is 0.604 bits per heavy atom. The fourth-order valence-corrected chi connectivity index (χ4v) is 8.75. The smallest absolute Gasteiger partial charge is 0.356 e. The number of hydrogen-bond acceptors (Lipinski definition) is 25. The normalized spacial score (nSPS) is 10.5. The number of amides is 3. The number of nitrogen functional groups attached to an aromatic ring is 1. The molecule has 0 aliphatic heterocycles. The van der Waals surface area contributed by atoms with E-state index in [1.807, 2.05) is 0 Å². The van der Waals surface area contributed by atoms with Gasteiger partial charge in [-0.05, 0) is 106 Å². The SMILES string of the molecule is COC(=O)c1cc(-c2ccc(OCC(=O)NCc3cc(CNC(=O)COc4ccc(-c5cc(C(=O)OC)nc(C(=O)OC)c5)c(OC)c4)c(N)c(CNC(=O)COc4ccc(-c5cc(C(=O)OC)nc(C(=O)OC)c5)c(OC)c4)c3)cc2OC)cc(C(=O)OC)n1. The van der Waals surface area contributed by atoms with Gasteiger partial charge in [-0.15, -0.1) is 0 Å². The van der Waals surface area contributed by atoms with Crippen molar-refractivity contribution in [3.8, 4) is 67.9 Å². The predicted octanol–water partition coefficient (Wildman–Crippen LogP) is 5.29. The summed E-state index contributed by atoms with van der Waals surface area (Å²) in [5.41, 5.74) is 9.66. The van der Waals surface area contributed by atoms with Crippen LogP contribution in [0.5, 0.6) is 34.5 Å². The van der Waals surface area contributed by atoms with Crippen LogP contribution in [-0.2, 0) is 62.4 Å². The van der Waals surface area contributed by atoms with Crippen molar-refractivity contribution < 1.29 is 100.0 Å². The van der Waals surface area contributed by atoms with Gasteiger partial charge in [0, 0.05) is 60.2 Å². The monoisotopic (exact) mass is 1250 g/mol. The molecular formula is C63H61N7O21. The van der Waals surface area contributed by atoms with Crippen molar-refractivity contribution in [1.82, 2.24) is 30.9 Å². The molecule has 0 aliphatic carbocycles. The van der Waals surface area contributed by atoms with E-state index >= 15 is 0 Å². The van der Waals surface area contributed by atoms with Gasteiger partial charge in [-0.3, -0.25) is 14.4 Å². The van der Waals surface area contributed by atoms with E-state index in [2.05, 4.69) is 30.9 Å². The Labute approximate surface area is 519 Å². The first-order chi connectivity index (χ1) is 43.8. The van der Waals surface area contributed by atoms with Gasteiger partial charge in [-0.1, -0.05) is 12.1 Å². The molecule has 0 radical (unpaired) electrons. The molecule has 0 bridgehead atoms. The van der Waals surface area contributed by atoms with Gasteiger partial charge >= 0.3 is 35.8 Å². The minimum Gasteiger partial charge on any atom is -0.496 e. The standard InChI is InChI=1S/C63H61N7O21/c1-80-51-24-39(10-13-42(51)34-18-45(58(74)83-4)68-46(19-34)59(75)84-5)89-30-54(71)65-27-33-16-37(28-66-55(72)31-90-40-11-14-43(52(25-40)81-2)35-20-47(60(76)85-6)69-48(21-35)61(77)86-7)57(64)38(17-33)29-67-56(73)32-91-41-12-15-44(53(26-41)82-3)36-22-49(62(78)87-8)70-50(23-36)63(79)88-9/h10-26H,27-32,64H2,1-9H3,(H,65,71)(H,66,72)(H,67,73). The second-order valence-corrected chi connectivity index (χ2v) is 18.9. The molecule has 0 saturated heterocycles. The lowest BCUT2D eigenvalue weighted by molar-refractivity contribution is -0.124. The van der Waals surface area contributed by atoms with Gasteiger partial charge in [0.2, 0.25) is 0 Å². The molecule has 91 heavy (non-hydrogen) atoms. The van der Waals surface area contributed by atoms with Crippen molar-refractivity contribution in [3.05, 3.63) is 154 Å². The molecule has 7 aromatic rings. The zero-order chi connectivity index (χ0) is 65.9. The fraction of sp³-hybridized carbons (Fsp3) is 0.238. The molecule has 3 aromatic heterocycles. The number of carbonyl (C=O) groups excluding carboxylic acids is 9. The number of esters is 6. The van der Waals surface area contributed by atoms with Crippen molar-refractivity contribution in [3.63, 3.8) is 0 Å². The number of methoxy groups -OCH3 is 9. The van der Waals surface area contributed by atoms with Crippen LogP contribution in [0.4, 0.5) is 5.69 Å². The number of nitrogens with zero attached hydrogens (tertiary/aromatic N) is 3. The van der Waals surface area contributed by atoms with Crippen LogP contribution in [0.15, 0.2) is 103 Å². The topological polar surface area (TPSA) is 365 Å². The lowest BCUT2D eigenvalue weighted by atomic mass is 10.0. The van der Waals surface area contributed by atoms with Gasteiger partial charge in [-0.25, -0.2) is 43.7 Å². The van der Waals surface area contributed by atoms with Crippen LogP contribution < -0.4 is 50.1 Å². The molecular weight excluding hydrogens is 1190 g/mol. The summed E-state index contributed by atoms with van der Waals surface area (Å²) in [6.07, 6.45) is 0. The molecule has 4 aromatic carbocycles. The fourth-order valence-electron chi connectivity index (χ4n) is 8.75. The van der Waals surface area contributed by atoms with E-state index in [0.717, 1.165) is 0 Å². The van der Waals surface area contributed by atoms with Crippen LogP contribution in [0.1, 0.15) is 79.6 Å². The molecule has 0 atom stereocenters. The summed E-state index contributed by atoms with van der Waals surface area (Å²) in [5.74, 6) is -5.04. The molecule has 0 unspecified atom stereocenters. The van der Waals surface area contributed by atoms with Crippen molar-refractivity contribution in [2.24, 2.45) is 0 Å². The molecule has 3 heterocycles. The Balaban J connectivity index is 1.05. The van der Waals surface area contributed by atoms with Gasteiger partial charge in [0.25, 0.3) is 17.7 Å². The van der Waals surface area contributed by atoms with Gasteiger partial charge in [0.15, 0.2) is 19.8 Å². The average molecular weight is 1250 g/mol. The third-order valence-electron chi connectivity index (χ3n) is 13.3. The highest BCUT2D eigenvalue weighted by Gasteiger charge is 2.23. The van der Waals surface area contributed by atoms with Crippen LogP contribution >= 0.6 is 0 Å². The number of hydrogen-bond donors (Lipinski definition) is 4. The maximum absolute atomic E-state index is 13.4. The van der Waals surface area contributed by atoms with Gasteiger partial charge in [-0.2, -0.15) is 0 Å². The second-order valence-electron chi connectivity index (χ2n) is 18.9. The zero-order valence-corrected chi connectivity index (χ0v) is 50.5. The zero-order valence-electron chi connectivity index (χ0n) is 50.5. The number of nitrogens with one attached hydrogen (secondary N) is 3. The van der Waals surface area contributed by atoms with Crippen LogP contribution in [-0.4, -0.2) is 152 Å². The molecule has 3 amide bonds. The quantitative estimate of drug-likeness (QED) is 0.0289. The molecule has 0 spiro atoms. The van der Waals surface area contributed by atoms with E-state index in [0.29, 0.717) is 50.1 Å². The maximum atomic E-state index is 13.4. The van der Waals surface area contributed by atoms with E-state index in [1.165, 1.54) is 119 Å². The number of carbonyl (C=O) groups is 9. The summed E-state index contributed by atoms with van der Waals surface area (Å²) in [7, 11) is 11.2. The number of anilines is 1. The summed E-state index contributed by atoms with van der Waals surface area (Å²) in [5, 5.41) is 8.35. The third kappa shape index (κ3) is 17.0. The van der Waals surface area contributed by atoms with Crippen molar-refractivity contribution in [2.45, 2.75) is 19.6 Å². The van der Waals surface area contributed by atoms with E-state index in [9.17, 15) is 43.2 Å². The Hall–Kier alpha value is -11.8. The van der Waals surface area contributed by atoms with E-state index < -0.39 is 73.4 Å². The largest absolute Gasteiger partial charge is 0.496 e. The Kier molecular flexibility index (Phi) is 22.8. The molecule has 474 valence electrons. The molecule has 0 fully saturated rings. The Bertz CT molecular complexity index is 3670. The molecule has 0 saturated carbocycles. The highest BCUT2D eigenvalue weighted by Crippen LogP contribution is 2.37. The van der Waals surface area contributed by atoms with Gasteiger partial charge in [0.1, 0.15) is 68.7 Å². The van der Waals surface area contributed by atoms with Crippen molar-refractivity contribution >= 4 is 59.2 Å². The minimum absolute atomic E-state index is 0.0808. The van der Waals surface area contributed by atoms with Gasteiger partial charge < -0.3 is 78.5 Å². The highest BCUT2D eigenvalue weighted by molar-refractivity contribution is 5.97. The van der Waals surface area contributed by atoms with Crippen molar-refractivity contribution in [2.75, 3.05) is 89.5 Å². The molecule has 28 heteroatoms. The number of pyridine rings is 3. The van der Waals surface area contributed by atoms with E-state index in [4.69, 9.17) is 62.6 Å². The Morgan fingerprint density at radius 3 is 0.846 bits per heavy atom. The summed E-state index contributed by atoms with van der Waals surface area (Å²) >= 11 is 0.